The van der Waals surface area contributed by atoms with Crippen LogP contribution >= 0.6 is 22.7 Å². The molecule has 2 N–H and O–H groups in total. The Morgan fingerprint density at radius 3 is 2.61 bits per heavy atom. The fourth-order valence-electron chi connectivity index (χ4n) is 2.83. The van der Waals surface area contributed by atoms with E-state index in [9.17, 15) is 0 Å². The molecule has 23 heavy (non-hydrogen) atoms. The molecule has 0 amide bonds. The summed E-state index contributed by atoms with van der Waals surface area (Å²) in [4.78, 5) is 7.10. The highest BCUT2D eigenvalue weighted by Gasteiger charge is 2.18. The second-order valence-corrected chi connectivity index (χ2v) is 7.16. The first-order valence-electron chi connectivity index (χ1n) is 7.64. The van der Waals surface area contributed by atoms with Crippen molar-refractivity contribution in [2.75, 3.05) is 0 Å². The number of benzene rings is 1. The Morgan fingerprint density at radius 2 is 1.96 bits per heavy atom. The molecule has 5 heteroatoms. The molecule has 0 fully saturated rings. The Bertz CT molecular complexity index is 931. The van der Waals surface area contributed by atoms with Crippen molar-refractivity contribution in [2.24, 2.45) is 5.73 Å². The van der Waals surface area contributed by atoms with Crippen LogP contribution in [0.3, 0.4) is 0 Å². The van der Waals surface area contributed by atoms with Crippen LogP contribution in [0.4, 0.5) is 0 Å². The van der Waals surface area contributed by atoms with Crippen LogP contribution in [0.5, 0.6) is 0 Å². The summed E-state index contributed by atoms with van der Waals surface area (Å²) in [7, 11) is 0. The molecule has 3 aromatic heterocycles. The van der Waals surface area contributed by atoms with Gasteiger partial charge >= 0.3 is 0 Å². The van der Waals surface area contributed by atoms with Crippen LogP contribution < -0.4 is 5.73 Å². The highest BCUT2D eigenvalue weighted by molar-refractivity contribution is 7.17. The molecule has 0 aliphatic carbocycles. The number of hydrogen-bond acceptors (Lipinski definition) is 4. The normalized spacial score (nSPS) is 11.4. The molecule has 0 radical (unpaired) electrons. The van der Waals surface area contributed by atoms with E-state index in [-0.39, 0.29) is 0 Å². The van der Waals surface area contributed by atoms with Gasteiger partial charge in [0.15, 0.2) is 4.96 Å². The maximum atomic E-state index is 6.08. The summed E-state index contributed by atoms with van der Waals surface area (Å²) in [5.74, 6) is 0. The Labute approximate surface area is 143 Å². The van der Waals surface area contributed by atoms with Gasteiger partial charge in [-0.2, -0.15) is 0 Å². The van der Waals surface area contributed by atoms with Crippen LogP contribution in [0, 0.1) is 0 Å². The van der Waals surface area contributed by atoms with Crippen LogP contribution in [-0.2, 0) is 13.0 Å². The molecular weight excluding hydrogens is 322 g/mol. The van der Waals surface area contributed by atoms with Gasteiger partial charge in [0.05, 0.1) is 22.0 Å². The van der Waals surface area contributed by atoms with Crippen molar-refractivity contribution in [1.29, 1.82) is 0 Å². The SMILES string of the molecule is CCc1ccc(-c2nc3scc(-c4cccs4)n3c2CN)cc1. The average molecular weight is 339 g/mol. The predicted octanol–water partition coefficient (Wildman–Crippen LogP) is 4.81. The van der Waals surface area contributed by atoms with Gasteiger partial charge in [0.1, 0.15) is 0 Å². The van der Waals surface area contributed by atoms with Crippen molar-refractivity contribution in [2.45, 2.75) is 19.9 Å². The zero-order valence-electron chi connectivity index (χ0n) is 12.8. The summed E-state index contributed by atoms with van der Waals surface area (Å²) in [6, 6.07) is 12.9. The summed E-state index contributed by atoms with van der Waals surface area (Å²) in [6.45, 7) is 2.64. The Kier molecular flexibility index (Phi) is 3.77. The number of imidazole rings is 1. The van der Waals surface area contributed by atoms with Crippen LogP contribution in [0.1, 0.15) is 18.2 Å². The molecule has 0 bridgehead atoms. The standard InChI is InChI=1S/C18H17N3S2/c1-2-12-5-7-13(8-6-12)17-14(10-19)21-15(11-23-18(21)20-17)16-4-3-9-22-16/h3-9,11H,2,10,19H2,1H3. The van der Waals surface area contributed by atoms with E-state index in [1.54, 1.807) is 22.7 Å². The first-order valence-corrected chi connectivity index (χ1v) is 9.39. The number of thiophene rings is 1. The highest BCUT2D eigenvalue weighted by atomic mass is 32.1. The van der Waals surface area contributed by atoms with Gasteiger partial charge in [-0.1, -0.05) is 37.3 Å². The maximum Gasteiger partial charge on any atom is 0.195 e. The quantitative estimate of drug-likeness (QED) is 0.580. The smallest absolute Gasteiger partial charge is 0.195 e. The van der Waals surface area contributed by atoms with Gasteiger partial charge in [-0.25, -0.2) is 4.98 Å². The number of hydrogen-bond donors (Lipinski definition) is 1. The van der Waals surface area contributed by atoms with Gasteiger partial charge < -0.3 is 5.73 Å². The summed E-state index contributed by atoms with van der Waals surface area (Å²) in [5, 5.41) is 4.26. The third-order valence-corrected chi connectivity index (χ3v) is 5.78. The van der Waals surface area contributed by atoms with Crippen molar-refractivity contribution in [3.05, 3.63) is 58.4 Å². The van der Waals surface area contributed by atoms with E-state index in [1.165, 1.54) is 16.1 Å². The van der Waals surface area contributed by atoms with Crippen LogP contribution in [0.2, 0.25) is 0 Å². The van der Waals surface area contributed by atoms with Crippen LogP contribution in [-0.4, -0.2) is 9.38 Å². The van der Waals surface area contributed by atoms with Crippen molar-refractivity contribution >= 4 is 27.6 Å². The molecule has 0 saturated heterocycles. The minimum Gasteiger partial charge on any atom is -0.325 e. The van der Waals surface area contributed by atoms with Gasteiger partial charge in [0, 0.05) is 17.5 Å². The number of rotatable bonds is 4. The first kappa shape index (κ1) is 14.6. The number of nitrogens with two attached hydrogens (primary N) is 1. The lowest BCUT2D eigenvalue weighted by atomic mass is 10.1. The third kappa shape index (κ3) is 2.41. The highest BCUT2D eigenvalue weighted by Crippen LogP contribution is 2.34. The maximum absolute atomic E-state index is 6.08. The predicted molar refractivity (Wildman–Crippen MR) is 99.1 cm³/mol. The zero-order valence-corrected chi connectivity index (χ0v) is 14.5. The number of nitrogens with zero attached hydrogens (tertiary/aromatic N) is 2. The van der Waals surface area contributed by atoms with Gasteiger partial charge in [0.2, 0.25) is 0 Å². The Hall–Kier alpha value is -1.95. The topological polar surface area (TPSA) is 43.3 Å². The molecule has 0 atom stereocenters. The van der Waals surface area contributed by atoms with Gasteiger partial charge in [-0.15, -0.1) is 22.7 Å². The minimum absolute atomic E-state index is 0.473. The third-order valence-electron chi connectivity index (χ3n) is 4.06. The van der Waals surface area contributed by atoms with E-state index >= 15 is 0 Å². The molecule has 0 unspecified atom stereocenters. The van der Waals surface area contributed by atoms with Crippen molar-refractivity contribution in [1.82, 2.24) is 9.38 Å². The second kappa shape index (κ2) is 5.92. The molecule has 0 spiro atoms. The summed E-state index contributed by atoms with van der Waals surface area (Å²) in [6.07, 6.45) is 1.05. The van der Waals surface area contributed by atoms with Crippen molar-refractivity contribution in [3.8, 4) is 21.8 Å². The summed E-state index contributed by atoms with van der Waals surface area (Å²) >= 11 is 3.41. The monoisotopic (exact) mass is 339 g/mol. The number of fused-ring (bicyclic) bond motifs is 1. The zero-order chi connectivity index (χ0) is 15.8. The summed E-state index contributed by atoms with van der Waals surface area (Å²) in [5.41, 5.74) is 11.8. The molecule has 3 heterocycles. The first-order chi connectivity index (χ1) is 11.3. The van der Waals surface area contributed by atoms with Gasteiger partial charge in [-0.05, 0) is 23.4 Å². The summed E-state index contributed by atoms with van der Waals surface area (Å²) < 4.78 is 2.21. The fourth-order valence-corrected chi connectivity index (χ4v) is 4.54. The number of thiazole rings is 1. The van der Waals surface area contributed by atoms with Gasteiger partial charge in [0.25, 0.3) is 0 Å². The molecule has 116 valence electrons. The average Bonchev–Trinajstić information content (AvgIpc) is 3.30. The Balaban J connectivity index is 1.90. The van der Waals surface area contributed by atoms with Gasteiger partial charge in [-0.3, -0.25) is 4.40 Å². The molecule has 0 aliphatic rings. The van der Waals surface area contributed by atoms with Crippen molar-refractivity contribution in [3.63, 3.8) is 0 Å². The Morgan fingerprint density at radius 1 is 1.13 bits per heavy atom. The number of aromatic nitrogens is 2. The lowest BCUT2D eigenvalue weighted by molar-refractivity contribution is 0.974. The van der Waals surface area contributed by atoms with Crippen LogP contribution in [0.15, 0.2) is 47.2 Å². The van der Waals surface area contributed by atoms with E-state index in [0.717, 1.165) is 28.3 Å². The fraction of sp³-hybridized carbons (Fsp3) is 0.167. The molecule has 4 rings (SSSR count). The molecular formula is C18H17N3S2. The van der Waals surface area contributed by atoms with E-state index in [0.29, 0.717) is 6.54 Å². The van der Waals surface area contributed by atoms with Crippen LogP contribution in [0.25, 0.3) is 26.8 Å². The molecule has 0 aliphatic heterocycles. The van der Waals surface area contributed by atoms with E-state index < -0.39 is 0 Å². The lowest BCUT2D eigenvalue weighted by Crippen LogP contribution is -2.03. The van der Waals surface area contributed by atoms with E-state index in [1.807, 2.05) is 0 Å². The van der Waals surface area contributed by atoms with E-state index in [4.69, 9.17) is 10.7 Å². The second-order valence-electron chi connectivity index (χ2n) is 5.38. The molecule has 0 saturated carbocycles. The van der Waals surface area contributed by atoms with Crippen molar-refractivity contribution < 1.29 is 0 Å². The molecule has 4 aromatic rings. The molecule has 1 aromatic carbocycles. The van der Waals surface area contributed by atoms with E-state index in [2.05, 4.69) is 58.5 Å². The largest absolute Gasteiger partial charge is 0.325 e. The number of aryl methyl sites for hydroxylation is 1. The lowest BCUT2D eigenvalue weighted by Gasteiger charge is -2.05. The minimum atomic E-state index is 0.473. The molecule has 3 nitrogen and oxygen atoms in total.